The summed E-state index contributed by atoms with van der Waals surface area (Å²) in [6, 6.07) is 0.685. The van der Waals surface area contributed by atoms with Crippen molar-refractivity contribution >= 4 is 11.3 Å². The van der Waals surface area contributed by atoms with Gasteiger partial charge in [-0.15, -0.1) is 11.3 Å². The molecule has 0 saturated heterocycles. The smallest absolute Gasteiger partial charge is 0.0798 e. The molecule has 21 heavy (non-hydrogen) atoms. The quantitative estimate of drug-likeness (QED) is 0.871. The van der Waals surface area contributed by atoms with Crippen LogP contribution in [0.2, 0.25) is 0 Å². The van der Waals surface area contributed by atoms with E-state index < -0.39 is 0 Å². The van der Waals surface area contributed by atoms with E-state index in [0.717, 1.165) is 24.3 Å². The fourth-order valence-electron chi connectivity index (χ4n) is 3.68. The first-order valence-electron chi connectivity index (χ1n) is 8.26. The fourth-order valence-corrected chi connectivity index (χ4v) is 4.53. The van der Waals surface area contributed by atoms with Crippen LogP contribution in [0.15, 0.2) is 5.51 Å². The monoisotopic (exact) mass is 309 g/mol. The van der Waals surface area contributed by atoms with Gasteiger partial charge < -0.3 is 10.2 Å². The lowest BCUT2D eigenvalue weighted by Gasteiger charge is -2.39. The minimum atomic E-state index is 0.685. The Hall–Kier alpha value is -0.450. The van der Waals surface area contributed by atoms with E-state index in [1.165, 1.54) is 36.4 Å². The molecular formula is C17H31N3S. The first-order chi connectivity index (χ1) is 10.0. The molecule has 0 amide bonds. The molecule has 1 heterocycles. The van der Waals surface area contributed by atoms with Crippen molar-refractivity contribution in [3.8, 4) is 0 Å². The highest BCUT2D eigenvalue weighted by Gasteiger charge is 2.31. The summed E-state index contributed by atoms with van der Waals surface area (Å²) < 4.78 is 0. The Morgan fingerprint density at radius 2 is 2.19 bits per heavy atom. The average Bonchev–Trinajstić information content (AvgIpc) is 2.84. The molecule has 1 aromatic heterocycles. The summed E-state index contributed by atoms with van der Waals surface area (Å²) in [5, 5.41) is 3.55. The second-order valence-corrected chi connectivity index (χ2v) is 7.97. The lowest BCUT2D eigenvalue weighted by Crippen LogP contribution is -2.44. The Labute approximate surface area is 134 Å². The summed E-state index contributed by atoms with van der Waals surface area (Å²) in [7, 11) is 4.38. The van der Waals surface area contributed by atoms with Gasteiger partial charge in [0.25, 0.3) is 0 Å². The maximum Gasteiger partial charge on any atom is 0.0798 e. The molecule has 3 unspecified atom stereocenters. The van der Waals surface area contributed by atoms with Crippen LogP contribution >= 0.6 is 11.3 Å². The number of nitrogens with zero attached hydrogens (tertiary/aromatic N) is 2. The van der Waals surface area contributed by atoms with Gasteiger partial charge in [0.15, 0.2) is 0 Å². The first kappa shape index (κ1) is 16.9. The van der Waals surface area contributed by atoms with Crippen molar-refractivity contribution in [2.45, 2.75) is 52.6 Å². The van der Waals surface area contributed by atoms with Crippen molar-refractivity contribution in [1.29, 1.82) is 0 Å². The molecule has 1 aliphatic rings. The molecule has 0 bridgehead atoms. The molecule has 1 aliphatic carbocycles. The molecule has 0 radical (unpaired) electrons. The number of thiazole rings is 1. The third-order valence-electron chi connectivity index (χ3n) is 5.14. The minimum absolute atomic E-state index is 0.685. The maximum absolute atomic E-state index is 4.36. The summed E-state index contributed by atoms with van der Waals surface area (Å²) in [6.45, 7) is 9.10. The average molecular weight is 310 g/mol. The first-order valence-corrected chi connectivity index (χ1v) is 9.14. The van der Waals surface area contributed by atoms with Gasteiger partial charge in [-0.05, 0) is 58.0 Å². The van der Waals surface area contributed by atoms with E-state index in [2.05, 4.69) is 50.1 Å². The van der Waals surface area contributed by atoms with Crippen LogP contribution in [0.5, 0.6) is 0 Å². The molecule has 3 nitrogen and oxygen atoms in total. The molecule has 2 rings (SSSR count). The van der Waals surface area contributed by atoms with E-state index >= 15 is 0 Å². The maximum atomic E-state index is 4.36. The van der Waals surface area contributed by atoms with Gasteiger partial charge >= 0.3 is 0 Å². The summed E-state index contributed by atoms with van der Waals surface area (Å²) in [4.78, 5) is 8.26. The summed E-state index contributed by atoms with van der Waals surface area (Å²) in [5.74, 6) is 2.49. The van der Waals surface area contributed by atoms with Gasteiger partial charge in [0.2, 0.25) is 0 Å². The van der Waals surface area contributed by atoms with Crippen LogP contribution in [0, 0.1) is 24.7 Å². The van der Waals surface area contributed by atoms with Gasteiger partial charge in [-0.3, -0.25) is 0 Å². The number of rotatable bonds is 6. The van der Waals surface area contributed by atoms with Gasteiger partial charge in [0, 0.05) is 24.0 Å². The zero-order valence-electron chi connectivity index (χ0n) is 14.2. The summed E-state index contributed by atoms with van der Waals surface area (Å²) in [6.07, 6.45) is 4.09. The highest BCUT2D eigenvalue weighted by molar-refractivity contribution is 7.09. The minimum Gasteiger partial charge on any atom is -0.317 e. The van der Waals surface area contributed by atoms with Crippen molar-refractivity contribution < 1.29 is 0 Å². The van der Waals surface area contributed by atoms with Crippen LogP contribution in [0.4, 0.5) is 0 Å². The lowest BCUT2D eigenvalue weighted by atomic mass is 9.73. The highest BCUT2D eigenvalue weighted by Crippen LogP contribution is 2.34. The zero-order valence-corrected chi connectivity index (χ0v) is 15.0. The molecule has 0 aliphatic heterocycles. The molecule has 0 aromatic carbocycles. The van der Waals surface area contributed by atoms with E-state index in [-0.39, 0.29) is 0 Å². The predicted octanol–water partition coefficient (Wildman–Crippen LogP) is 3.54. The van der Waals surface area contributed by atoms with Gasteiger partial charge in [-0.1, -0.05) is 13.8 Å². The van der Waals surface area contributed by atoms with Crippen molar-refractivity contribution in [3.05, 3.63) is 16.1 Å². The number of aromatic nitrogens is 1. The molecule has 1 fully saturated rings. The van der Waals surface area contributed by atoms with Gasteiger partial charge in [0.05, 0.1) is 11.2 Å². The predicted molar refractivity (Wildman–Crippen MR) is 91.7 cm³/mol. The second kappa shape index (κ2) is 7.70. The van der Waals surface area contributed by atoms with Gasteiger partial charge in [-0.25, -0.2) is 4.98 Å². The SMILES string of the molecule is CNC1CCC(C(C)C)CC1CN(C)Cc1scnc1C. The van der Waals surface area contributed by atoms with E-state index in [1.807, 2.05) is 5.51 Å². The molecule has 120 valence electrons. The van der Waals surface area contributed by atoms with Crippen LogP contribution in [0.25, 0.3) is 0 Å². The van der Waals surface area contributed by atoms with E-state index in [1.54, 1.807) is 11.3 Å². The fraction of sp³-hybridized carbons (Fsp3) is 0.824. The summed E-state index contributed by atoms with van der Waals surface area (Å²) >= 11 is 1.78. The van der Waals surface area contributed by atoms with E-state index in [4.69, 9.17) is 0 Å². The Balaban J connectivity index is 1.93. The Bertz CT molecular complexity index is 429. The van der Waals surface area contributed by atoms with Crippen LogP contribution in [0.3, 0.4) is 0 Å². The second-order valence-electron chi connectivity index (χ2n) is 7.03. The van der Waals surface area contributed by atoms with Crippen LogP contribution in [0.1, 0.15) is 43.7 Å². The Kier molecular flexibility index (Phi) is 6.20. The molecule has 3 atom stereocenters. The number of hydrogen-bond donors (Lipinski definition) is 1. The van der Waals surface area contributed by atoms with Gasteiger partial charge in [0.1, 0.15) is 0 Å². The molecule has 0 spiro atoms. The number of nitrogens with one attached hydrogen (secondary N) is 1. The third-order valence-corrected chi connectivity index (χ3v) is 6.06. The normalized spacial score (nSPS) is 26.7. The molecule has 1 saturated carbocycles. The van der Waals surface area contributed by atoms with Gasteiger partial charge in [-0.2, -0.15) is 0 Å². The van der Waals surface area contributed by atoms with Crippen LogP contribution < -0.4 is 5.32 Å². The Morgan fingerprint density at radius 1 is 1.43 bits per heavy atom. The Morgan fingerprint density at radius 3 is 2.76 bits per heavy atom. The zero-order chi connectivity index (χ0) is 15.4. The molecule has 4 heteroatoms. The van der Waals surface area contributed by atoms with Crippen LogP contribution in [-0.2, 0) is 6.54 Å². The lowest BCUT2D eigenvalue weighted by molar-refractivity contribution is 0.134. The van der Waals surface area contributed by atoms with E-state index in [0.29, 0.717) is 6.04 Å². The topological polar surface area (TPSA) is 28.2 Å². The van der Waals surface area contributed by atoms with Crippen molar-refractivity contribution in [3.63, 3.8) is 0 Å². The standard InChI is InChI=1S/C17H31N3S/c1-12(2)14-6-7-16(18-4)15(8-14)9-20(5)10-17-13(3)19-11-21-17/h11-12,14-16,18H,6-10H2,1-5H3. The largest absolute Gasteiger partial charge is 0.317 e. The molecule has 1 aromatic rings. The van der Waals surface area contributed by atoms with E-state index in [9.17, 15) is 0 Å². The van der Waals surface area contributed by atoms with Crippen molar-refractivity contribution in [1.82, 2.24) is 15.2 Å². The number of aryl methyl sites for hydroxylation is 1. The van der Waals surface area contributed by atoms with Crippen molar-refractivity contribution in [2.24, 2.45) is 17.8 Å². The molecular weight excluding hydrogens is 278 g/mol. The summed E-state index contributed by atoms with van der Waals surface area (Å²) in [5.41, 5.74) is 3.16. The van der Waals surface area contributed by atoms with Crippen molar-refractivity contribution in [2.75, 3.05) is 20.6 Å². The highest BCUT2D eigenvalue weighted by atomic mass is 32.1. The molecule has 1 N–H and O–H groups in total. The number of hydrogen-bond acceptors (Lipinski definition) is 4. The third kappa shape index (κ3) is 4.51. The van der Waals surface area contributed by atoms with Crippen LogP contribution in [-0.4, -0.2) is 36.6 Å².